The third-order valence-corrected chi connectivity index (χ3v) is 3.83. The standard InChI is InChI=1S/C17H26F2N4.HI/c1-17(2,3)22-16(20-4)21-10-12-7-8-23(11-12)13-5-6-14(18)15(19)9-13;/h5-6,9,12H,7-8,10-11H2,1-4H3,(H2,20,21,22);1H. The summed E-state index contributed by atoms with van der Waals surface area (Å²) in [5, 5.41) is 6.66. The van der Waals surface area contributed by atoms with Crippen LogP contribution in [0.4, 0.5) is 14.5 Å². The van der Waals surface area contributed by atoms with E-state index in [1.54, 1.807) is 13.1 Å². The molecule has 0 radical (unpaired) electrons. The molecule has 1 aromatic rings. The zero-order valence-electron chi connectivity index (χ0n) is 14.7. The number of hydrogen-bond acceptors (Lipinski definition) is 2. The first-order chi connectivity index (χ1) is 10.8. The minimum absolute atomic E-state index is 0. The first kappa shape index (κ1) is 20.9. The van der Waals surface area contributed by atoms with Crippen molar-refractivity contribution in [1.29, 1.82) is 0 Å². The first-order valence-electron chi connectivity index (χ1n) is 7.97. The lowest BCUT2D eigenvalue weighted by atomic mass is 10.1. The summed E-state index contributed by atoms with van der Waals surface area (Å²) >= 11 is 0. The van der Waals surface area contributed by atoms with E-state index in [2.05, 4.69) is 41.3 Å². The van der Waals surface area contributed by atoms with Gasteiger partial charge in [0.25, 0.3) is 0 Å². The molecule has 0 amide bonds. The zero-order chi connectivity index (χ0) is 17.0. The Morgan fingerprint density at radius 3 is 2.58 bits per heavy atom. The third-order valence-electron chi connectivity index (χ3n) is 3.83. The predicted octanol–water partition coefficient (Wildman–Crippen LogP) is 3.37. The number of guanidine groups is 1. The quantitative estimate of drug-likeness (QED) is 0.420. The fraction of sp³-hybridized carbons (Fsp3) is 0.588. The van der Waals surface area contributed by atoms with Gasteiger partial charge in [-0.3, -0.25) is 4.99 Å². The van der Waals surface area contributed by atoms with Crippen LogP contribution >= 0.6 is 24.0 Å². The Kier molecular flexibility index (Phi) is 7.69. The van der Waals surface area contributed by atoms with E-state index in [4.69, 9.17) is 0 Å². The minimum atomic E-state index is -0.803. The molecule has 1 aliphatic heterocycles. The van der Waals surface area contributed by atoms with Gasteiger partial charge < -0.3 is 15.5 Å². The molecule has 4 nitrogen and oxygen atoms in total. The Labute approximate surface area is 160 Å². The highest BCUT2D eigenvalue weighted by Crippen LogP contribution is 2.24. The fourth-order valence-corrected chi connectivity index (χ4v) is 2.69. The number of halogens is 3. The van der Waals surface area contributed by atoms with Crippen LogP contribution in [0.2, 0.25) is 0 Å². The second kappa shape index (κ2) is 8.82. The lowest BCUT2D eigenvalue weighted by molar-refractivity contribution is 0.491. The summed E-state index contributed by atoms with van der Waals surface area (Å²) in [5.74, 6) is -0.368. The van der Waals surface area contributed by atoms with Crippen molar-refractivity contribution in [2.24, 2.45) is 10.9 Å². The SMILES string of the molecule is CN=C(NCC1CCN(c2ccc(F)c(F)c2)C1)NC(C)(C)C.I. The van der Waals surface area contributed by atoms with Crippen molar-refractivity contribution in [1.82, 2.24) is 10.6 Å². The van der Waals surface area contributed by atoms with Crippen LogP contribution in [-0.4, -0.2) is 38.2 Å². The van der Waals surface area contributed by atoms with Crippen LogP contribution in [0.15, 0.2) is 23.2 Å². The minimum Gasteiger partial charge on any atom is -0.371 e. The molecular formula is C17H27F2IN4. The van der Waals surface area contributed by atoms with E-state index in [9.17, 15) is 8.78 Å². The molecule has 0 spiro atoms. The maximum absolute atomic E-state index is 13.3. The van der Waals surface area contributed by atoms with Gasteiger partial charge in [0.15, 0.2) is 17.6 Å². The molecule has 7 heteroatoms. The van der Waals surface area contributed by atoms with Gasteiger partial charge in [0.05, 0.1) is 0 Å². The molecule has 1 heterocycles. The molecule has 0 bridgehead atoms. The van der Waals surface area contributed by atoms with Crippen molar-refractivity contribution in [2.45, 2.75) is 32.7 Å². The summed E-state index contributed by atoms with van der Waals surface area (Å²) < 4.78 is 26.4. The summed E-state index contributed by atoms with van der Waals surface area (Å²) in [6.45, 7) is 8.73. The summed E-state index contributed by atoms with van der Waals surface area (Å²) in [6, 6.07) is 4.09. The van der Waals surface area contributed by atoms with Crippen molar-refractivity contribution in [3.63, 3.8) is 0 Å². The number of hydrogen-bond donors (Lipinski definition) is 2. The molecule has 0 saturated carbocycles. The number of anilines is 1. The Morgan fingerprint density at radius 1 is 1.29 bits per heavy atom. The van der Waals surface area contributed by atoms with Crippen LogP contribution < -0.4 is 15.5 Å². The van der Waals surface area contributed by atoms with E-state index in [0.717, 1.165) is 37.7 Å². The Hall–Kier alpha value is -1.12. The maximum atomic E-state index is 13.3. The number of rotatable bonds is 3. The number of benzene rings is 1. The summed E-state index contributed by atoms with van der Waals surface area (Å²) in [4.78, 5) is 6.31. The van der Waals surface area contributed by atoms with Crippen LogP contribution in [-0.2, 0) is 0 Å². The highest BCUT2D eigenvalue weighted by Gasteiger charge is 2.24. The average Bonchev–Trinajstić information content (AvgIpc) is 2.94. The summed E-state index contributed by atoms with van der Waals surface area (Å²) in [6.07, 6.45) is 1.01. The van der Waals surface area contributed by atoms with Crippen molar-refractivity contribution >= 4 is 35.6 Å². The van der Waals surface area contributed by atoms with Gasteiger partial charge in [-0.1, -0.05) is 0 Å². The molecule has 1 aliphatic rings. The lowest BCUT2D eigenvalue weighted by Crippen LogP contribution is -2.48. The van der Waals surface area contributed by atoms with Crippen LogP contribution in [0.5, 0.6) is 0 Å². The molecule has 24 heavy (non-hydrogen) atoms. The molecule has 0 aliphatic carbocycles. The van der Waals surface area contributed by atoms with Crippen molar-refractivity contribution in [2.75, 3.05) is 31.6 Å². The van der Waals surface area contributed by atoms with E-state index in [-0.39, 0.29) is 29.5 Å². The Bertz CT molecular complexity index is 572. The van der Waals surface area contributed by atoms with Crippen LogP contribution in [0, 0.1) is 17.6 Å². The maximum Gasteiger partial charge on any atom is 0.191 e. The molecule has 2 N–H and O–H groups in total. The smallest absolute Gasteiger partial charge is 0.191 e. The molecule has 2 rings (SSSR count). The van der Waals surface area contributed by atoms with Gasteiger partial charge in [-0.15, -0.1) is 24.0 Å². The van der Waals surface area contributed by atoms with E-state index in [0.29, 0.717) is 5.92 Å². The average molecular weight is 452 g/mol. The van der Waals surface area contributed by atoms with Gasteiger partial charge in [0.1, 0.15) is 0 Å². The van der Waals surface area contributed by atoms with Gasteiger partial charge in [-0.25, -0.2) is 8.78 Å². The van der Waals surface area contributed by atoms with Crippen LogP contribution in [0.25, 0.3) is 0 Å². The van der Waals surface area contributed by atoms with E-state index >= 15 is 0 Å². The zero-order valence-corrected chi connectivity index (χ0v) is 17.0. The molecule has 1 aromatic carbocycles. The topological polar surface area (TPSA) is 39.7 Å². The second-order valence-corrected chi connectivity index (χ2v) is 7.03. The number of nitrogens with one attached hydrogen (secondary N) is 2. The van der Waals surface area contributed by atoms with Gasteiger partial charge in [0, 0.05) is 44.0 Å². The normalized spacial score (nSPS) is 18.3. The van der Waals surface area contributed by atoms with Gasteiger partial charge >= 0.3 is 0 Å². The molecule has 1 saturated heterocycles. The van der Waals surface area contributed by atoms with Crippen molar-refractivity contribution in [3.8, 4) is 0 Å². The van der Waals surface area contributed by atoms with Gasteiger partial charge in [-0.2, -0.15) is 0 Å². The van der Waals surface area contributed by atoms with Crippen LogP contribution in [0.1, 0.15) is 27.2 Å². The van der Waals surface area contributed by atoms with Crippen LogP contribution in [0.3, 0.4) is 0 Å². The van der Waals surface area contributed by atoms with E-state index < -0.39 is 11.6 Å². The number of nitrogens with zero attached hydrogens (tertiary/aromatic N) is 2. The Morgan fingerprint density at radius 2 is 2.00 bits per heavy atom. The molecule has 1 fully saturated rings. The second-order valence-electron chi connectivity index (χ2n) is 7.03. The molecule has 1 unspecified atom stereocenters. The Balaban J connectivity index is 0.00000288. The predicted molar refractivity (Wildman–Crippen MR) is 106 cm³/mol. The largest absolute Gasteiger partial charge is 0.371 e. The van der Waals surface area contributed by atoms with E-state index in [1.165, 1.54) is 12.1 Å². The molecular weight excluding hydrogens is 425 g/mol. The third kappa shape index (κ3) is 6.07. The van der Waals surface area contributed by atoms with Crippen molar-refractivity contribution < 1.29 is 8.78 Å². The van der Waals surface area contributed by atoms with Crippen molar-refractivity contribution in [3.05, 3.63) is 29.8 Å². The molecule has 136 valence electrons. The highest BCUT2D eigenvalue weighted by atomic mass is 127. The molecule has 1 atom stereocenters. The molecule has 0 aromatic heterocycles. The van der Waals surface area contributed by atoms with Gasteiger partial charge in [-0.05, 0) is 45.2 Å². The summed E-state index contributed by atoms with van der Waals surface area (Å²) in [5.41, 5.74) is 0.693. The lowest BCUT2D eigenvalue weighted by Gasteiger charge is -2.25. The fourth-order valence-electron chi connectivity index (χ4n) is 2.69. The highest BCUT2D eigenvalue weighted by molar-refractivity contribution is 14.0. The van der Waals surface area contributed by atoms with E-state index in [1.807, 2.05) is 0 Å². The number of aliphatic imine (C=N–C) groups is 1. The van der Waals surface area contributed by atoms with Gasteiger partial charge in [0.2, 0.25) is 0 Å². The first-order valence-corrected chi connectivity index (χ1v) is 7.97. The monoisotopic (exact) mass is 452 g/mol. The summed E-state index contributed by atoms with van der Waals surface area (Å²) in [7, 11) is 1.75.